The normalized spacial score (nSPS) is 30.8. The monoisotopic (exact) mass is 343 g/mol. The molecule has 22 heavy (non-hydrogen) atoms. The van der Waals surface area contributed by atoms with Gasteiger partial charge in [0.25, 0.3) is 5.72 Å². The number of halogens is 3. The lowest BCUT2D eigenvalue weighted by molar-refractivity contribution is -0.303. The Bertz CT molecular complexity index is 592. The lowest BCUT2D eigenvalue weighted by Crippen LogP contribution is -2.58. The van der Waals surface area contributed by atoms with Crippen molar-refractivity contribution in [3.63, 3.8) is 0 Å². The molecule has 11 heteroatoms. The molecule has 1 N–H and O–H groups in total. The molecular weight excluding hydrogens is 327 g/mol. The zero-order valence-electron chi connectivity index (χ0n) is 11.7. The molecule has 1 saturated heterocycles. The first kappa shape index (κ1) is 17.2. The second-order valence-electron chi connectivity index (χ2n) is 5.43. The van der Waals surface area contributed by atoms with Crippen molar-refractivity contribution in [1.82, 2.24) is 9.31 Å². The van der Waals surface area contributed by atoms with Crippen LogP contribution in [0, 0.1) is 5.92 Å². The molecule has 126 valence electrons. The highest BCUT2D eigenvalue weighted by Gasteiger charge is 2.62. The maximum atomic E-state index is 13.0. The van der Waals surface area contributed by atoms with Crippen molar-refractivity contribution < 1.29 is 31.5 Å². The van der Waals surface area contributed by atoms with E-state index in [0.717, 1.165) is 16.8 Å². The Morgan fingerprint density at radius 2 is 2.09 bits per heavy atom. The van der Waals surface area contributed by atoms with Crippen LogP contribution in [0.1, 0.15) is 19.3 Å². The first-order valence-electron chi connectivity index (χ1n) is 6.57. The van der Waals surface area contributed by atoms with Crippen molar-refractivity contribution >= 4 is 22.1 Å². The maximum Gasteiger partial charge on any atom is 0.438 e. The number of alkyl halides is 3. The Kier molecular flexibility index (Phi) is 4.26. The number of hydrogen-bond acceptors (Lipinski definition) is 5. The van der Waals surface area contributed by atoms with E-state index in [1.54, 1.807) is 0 Å². The van der Waals surface area contributed by atoms with Gasteiger partial charge in [0.15, 0.2) is 0 Å². The average molecular weight is 343 g/mol. The number of amides is 1. The molecule has 2 heterocycles. The van der Waals surface area contributed by atoms with Crippen LogP contribution < -0.4 is 0 Å². The fourth-order valence-corrected chi connectivity index (χ4v) is 3.44. The van der Waals surface area contributed by atoms with E-state index >= 15 is 0 Å². The molecule has 2 aliphatic heterocycles. The lowest BCUT2D eigenvalue weighted by atomic mass is 9.97. The van der Waals surface area contributed by atoms with Gasteiger partial charge in [0, 0.05) is 25.7 Å². The predicted octanol–water partition coefficient (Wildman–Crippen LogP) is 0.127. The van der Waals surface area contributed by atoms with Crippen LogP contribution in [0.2, 0.25) is 0 Å². The summed E-state index contributed by atoms with van der Waals surface area (Å²) in [7, 11) is -3.53. The smallest absolute Gasteiger partial charge is 0.362 e. The van der Waals surface area contributed by atoms with Gasteiger partial charge in [-0.3, -0.25) is 4.79 Å². The van der Waals surface area contributed by atoms with E-state index in [9.17, 15) is 31.5 Å². The minimum atomic E-state index is -5.05. The molecule has 1 amide bonds. The van der Waals surface area contributed by atoms with Gasteiger partial charge in [-0.1, -0.05) is 0 Å². The molecule has 2 atom stereocenters. The summed E-state index contributed by atoms with van der Waals surface area (Å²) in [6.45, 7) is 0.00699. The Hall–Kier alpha value is -1.20. The van der Waals surface area contributed by atoms with Crippen molar-refractivity contribution in [2.75, 3.05) is 19.3 Å². The van der Waals surface area contributed by atoms with Gasteiger partial charge in [-0.15, -0.1) is 0 Å². The maximum absolute atomic E-state index is 13.0. The fourth-order valence-electron chi connectivity index (χ4n) is 2.52. The molecule has 0 saturated carbocycles. The van der Waals surface area contributed by atoms with Gasteiger partial charge in [0.05, 0.1) is 12.2 Å². The molecule has 2 rings (SSSR count). The number of nitrogens with zero attached hydrogens (tertiary/aromatic N) is 3. The Morgan fingerprint density at radius 1 is 1.45 bits per heavy atom. The van der Waals surface area contributed by atoms with E-state index in [1.807, 2.05) is 0 Å². The largest absolute Gasteiger partial charge is 0.438 e. The number of hydrogen-bond donors (Lipinski definition) is 1. The zero-order chi connectivity index (χ0) is 16.8. The summed E-state index contributed by atoms with van der Waals surface area (Å²) in [4.78, 5) is 12.3. The first-order valence-corrected chi connectivity index (χ1v) is 8.42. The Morgan fingerprint density at radius 3 is 2.64 bits per heavy atom. The number of hydrazone groups is 1. The summed E-state index contributed by atoms with van der Waals surface area (Å²) in [5.41, 5.74) is -3.36. The summed E-state index contributed by atoms with van der Waals surface area (Å²) < 4.78 is 62.9. The topological polar surface area (TPSA) is 90.3 Å². The van der Waals surface area contributed by atoms with Gasteiger partial charge in [-0.2, -0.15) is 23.3 Å². The van der Waals surface area contributed by atoms with Crippen LogP contribution in [0.3, 0.4) is 0 Å². The third-order valence-corrected chi connectivity index (χ3v) is 5.06. The molecule has 0 unspecified atom stereocenters. The van der Waals surface area contributed by atoms with Crippen molar-refractivity contribution in [1.29, 1.82) is 0 Å². The first-order chi connectivity index (χ1) is 9.97. The number of aliphatic hydroxyl groups is 1. The summed E-state index contributed by atoms with van der Waals surface area (Å²) >= 11 is 0. The minimum absolute atomic E-state index is 0.0312. The van der Waals surface area contributed by atoms with Gasteiger partial charge in [0.2, 0.25) is 15.9 Å². The van der Waals surface area contributed by atoms with Crippen LogP contribution in [-0.4, -0.2) is 66.2 Å². The molecule has 1 fully saturated rings. The van der Waals surface area contributed by atoms with Gasteiger partial charge in [0.1, 0.15) is 0 Å². The number of rotatable bonds is 2. The molecule has 2 aliphatic rings. The highest BCUT2D eigenvalue weighted by Crippen LogP contribution is 2.39. The van der Waals surface area contributed by atoms with Gasteiger partial charge in [-0.25, -0.2) is 12.7 Å². The third kappa shape index (κ3) is 2.97. The Labute approximate surface area is 125 Å². The van der Waals surface area contributed by atoms with E-state index in [0.29, 0.717) is 6.42 Å². The molecule has 0 spiro atoms. The van der Waals surface area contributed by atoms with Crippen molar-refractivity contribution in [3.8, 4) is 0 Å². The average Bonchev–Trinajstić information content (AvgIpc) is 2.80. The SMILES string of the molecule is CS(=O)(=O)N1CCC[C@H](C(=O)N2N=CC[C@@]2(O)C(F)(F)F)C1. The molecule has 0 aliphatic carbocycles. The lowest BCUT2D eigenvalue weighted by Gasteiger charge is -2.37. The second-order valence-corrected chi connectivity index (χ2v) is 7.41. The Balaban J connectivity index is 2.19. The van der Waals surface area contributed by atoms with Crippen LogP contribution in [0.15, 0.2) is 5.10 Å². The van der Waals surface area contributed by atoms with Crippen LogP contribution in [0.25, 0.3) is 0 Å². The molecule has 0 aromatic heterocycles. The van der Waals surface area contributed by atoms with Gasteiger partial charge >= 0.3 is 6.18 Å². The van der Waals surface area contributed by atoms with Crippen molar-refractivity contribution in [2.45, 2.75) is 31.2 Å². The number of sulfonamides is 1. The van der Waals surface area contributed by atoms with Crippen LogP contribution in [0.5, 0.6) is 0 Å². The predicted molar refractivity (Wildman–Crippen MR) is 70.1 cm³/mol. The molecule has 0 radical (unpaired) electrons. The summed E-state index contributed by atoms with van der Waals surface area (Å²) in [5.74, 6) is -1.99. The van der Waals surface area contributed by atoms with E-state index < -0.39 is 40.2 Å². The van der Waals surface area contributed by atoms with Crippen molar-refractivity contribution in [2.24, 2.45) is 11.0 Å². The van der Waals surface area contributed by atoms with Crippen LogP contribution in [-0.2, 0) is 14.8 Å². The van der Waals surface area contributed by atoms with Crippen LogP contribution in [0.4, 0.5) is 13.2 Å². The van der Waals surface area contributed by atoms with Crippen molar-refractivity contribution in [3.05, 3.63) is 0 Å². The minimum Gasteiger partial charge on any atom is -0.362 e. The molecular formula is C11H16F3N3O4S. The number of carbonyl (C=O) groups excluding carboxylic acids is 1. The highest BCUT2D eigenvalue weighted by atomic mass is 32.2. The summed E-state index contributed by atoms with van der Waals surface area (Å²) in [6, 6.07) is 0. The van der Waals surface area contributed by atoms with E-state index in [4.69, 9.17) is 0 Å². The molecule has 0 aromatic rings. The van der Waals surface area contributed by atoms with Gasteiger partial charge in [-0.05, 0) is 12.8 Å². The molecule has 7 nitrogen and oxygen atoms in total. The summed E-state index contributed by atoms with van der Waals surface area (Å²) in [5, 5.41) is 13.1. The van der Waals surface area contributed by atoms with Gasteiger partial charge < -0.3 is 5.11 Å². The number of piperidine rings is 1. The second kappa shape index (κ2) is 5.46. The quantitative estimate of drug-likeness (QED) is 0.771. The van der Waals surface area contributed by atoms with E-state index in [1.165, 1.54) is 0 Å². The van der Waals surface area contributed by atoms with Crippen LogP contribution >= 0.6 is 0 Å². The highest BCUT2D eigenvalue weighted by molar-refractivity contribution is 7.88. The number of carbonyl (C=O) groups is 1. The summed E-state index contributed by atoms with van der Waals surface area (Å²) in [6.07, 6.45) is -3.51. The fraction of sp³-hybridized carbons (Fsp3) is 0.818. The molecule has 0 bridgehead atoms. The zero-order valence-corrected chi connectivity index (χ0v) is 12.6. The molecule has 0 aromatic carbocycles. The standard InChI is InChI=1S/C11H16F3N3O4S/c1-22(20,21)16-6-2-3-8(7-16)9(18)17-10(19,4-5-15-17)11(12,13)14/h5,8,19H,2-4,6-7H2,1H3/t8-,10+/m0/s1. The van der Waals surface area contributed by atoms with E-state index in [2.05, 4.69) is 5.10 Å². The third-order valence-electron chi connectivity index (χ3n) is 3.79. The van der Waals surface area contributed by atoms with E-state index in [-0.39, 0.29) is 24.5 Å².